The predicted molar refractivity (Wildman–Crippen MR) is 73.5 cm³/mol. The topological polar surface area (TPSA) is 35.5 Å². The summed E-state index contributed by atoms with van der Waals surface area (Å²) in [5.74, 6) is 0. The highest BCUT2D eigenvalue weighted by Gasteiger charge is 1.99. The third-order valence-corrected chi connectivity index (χ3v) is 2.78. The number of para-hydroxylation sites is 1. The van der Waals surface area contributed by atoms with Crippen molar-refractivity contribution in [3.05, 3.63) is 30.3 Å². The van der Waals surface area contributed by atoms with Gasteiger partial charge < -0.3 is 15.3 Å². The summed E-state index contributed by atoms with van der Waals surface area (Å²) in [5.41, 5.74) is 1.26. The third-order valence-electron chi connectivity index (χ3n) is 2.78. The Kier molecular flexibility index (Phi) is 6.67. The van der Waals surface area contributed by atoms with E-state index in [1.54, 1.807) is 0 Å². The molecule has 2 N–H and O–H groups in total. The van der Waals surface area contributed by atoms with Gasteiger partial charge in [0, 0.05) is 19.3 Å². The highest BCUT2D eigenvalue weighted by Crippen LogP contribution is 2.10. The number of rotatable bonds is 8. The van der Waals surface area contributed by atoms with Crippen LogP contribution in [-0.2, 0) is 0 Å². The lowest BCUT2D eigenvalue weighted by atomic mass is 10.2. The minimum atomic E-state index is -0.200. The number of nitrogens with one attached hydrogen (secondary N) is 1. The molecule has 0 bridgehead atoms. The van der Waals surface area contributed by atoms with Crippen molar-refractivity contribution in [2.45, 2.75) is 25.9 Å². The lowest BCUT2D eigenvalue weighted by Gasteiger charge is -2.19. The Labute approximate surface area is 104 Å². The van der Waals surface area contributed by atoms with Crippen LogP contribution in [0, 0.1) is 0 Å². The van der Waals surface area contributed by atoms with Crippen molar-refractivity contribution in [2.75, 3.05) is 31.6 Å². The van der Waals surface area contributed by atoms with Crippen LogP contribution in [0.25, 0.3) is 0 Å². The van der Waals surface area contributed by atoms with Crippen molar-refractivity contribution in [1.29, 1.82) is 0 Å². The smallest absolute Gasteiger partial charge is 0.0524 e. The van der Waals surface area contributed by atoms with Gasteiger partial charge in [0.25, 0.3) is 0 Å². The van der Waals surface area contributed by atoms with Gasteiger partial charge in [-0.25, -0.2) is 0 Å². The Morgan fingerprint density at radius 2 is 1.94 bits per heavy atom. The van der Waals surface area contributed by atoms with E-state index in [4.69, 9.17) is 5.11 Å². The quantitative estimate of drug-likeness (QED) is 0.676. The van der Waals surface area contributed by atoms with Gasteiger partial charge in [0.05, 0.1) is 6.10 Å². The zero-order chi connectivity index (χ0) is 12.5. The number of hydrogen-bond acceptors (Lipinski definition) is 3. The molecular weight excluding hydrogens is 212 g/mol. The average molecular weight is 236 g/mol. The summed E-state index contributed by atoms with van der Waals surface area (Å²) in [6.07, 6.45) is 1.74. The van der Waals surface area contributed by atoms with Crippen molar-refractivity contribution >= 4 is 5.69 Å². The number of anilines is 1. The summed E-state index contributed by atoms with van der Waals surface area (Å²) < 4.78 is 0. The van der Waals surface area contributed by atoms with Gasteiger partial charge in [-0.2, -0.15) is 0 Å². The molecule has 1 unspecified atom stereocenters. The standard InChI is InChI=1S/C14H24N2O/c1-13(17)9-11-15-10-6-12-16(2)14-7-4-3-5-8-14/h3-5,7-8,13,15,17H,6,9-12H2,1-2H3. The number of aliphatic hydroxyl groups is 1. The highest BCUT2D eigenvalue weighted by molar-refractivity contribution is 5.44. The predicted octanol–water partition coefficient (Wildman–Crippen LogP) is 1.87. The van der Waals surface area contributed by atoms with E-state index in [1.807, 2.05) is 13.0 Å². The lowest BCUT2D eigenvalue weighted by molar-refractivity contribution is 0.184. The Morgan fingerprint density at radius 1 is 1.24 bits per heavy atom. The average Bonchev–Trinajstić information content (AvgIpc) is 2.34. The molecule has 1 aromatic carbocycles. The first-order chi connectivity index (χ1) is 8.20. The van der Waals surface area contributed by atoms with E-state index < -0.39 is 0 Å². The SMILES string of the molecule is CC(O)CCNCCCN(C)c1ccccc1. The van der Waals surface area contributed by atoms with E-state index in [0.29, 0.717) is 0 Å². The fourth-order valence-corrected chi connectivity index (χ4v) is 1.69. The van der Waals surface area contributed by atoms with Gasteiger partial charge in [-0.3, -0.25) is 0 Å². The van der Waals surface area contributed by atoms with Gasteiger partial charge in [0.1, 0.15) is 0 Å². The first-order valence-corrected chi connectivity index (χ1v) is 6.35. The number of nitrogens with zero attached hydrogens (tertiary/aromatic N) is 1. The molecule has 0 fully saturated rings. The second-order valence-electron chi connectivity index (χ2n) is 4.50. The van der Waals surface area contributed by atoms with E-state index in [0.717, 1.165) is 32.5 Å². The van der Waals surface area contributed by atoms with Crippen LogP contribution in [0.2, 0.25) is 0 Å². The van der Waals surface area contributed by atoms with Gasteiger partial charge in [0.2, 0.25) is 0 Å². The van der Waals surface area contributed by atoms with Gasteiger partial charge in [-0.1, -0.05) is 18.2 Å². The molecule has 0 aliphatic carbocycles. The lowest BCUT2D eigenvalue weighted by Crippen LogP contribution is -2.25. The summed E-state index contributed by atoms with van der Waals surface area (Å²) >= 11 is 0. The van der Waals surface area contributed by atoms with Crippen LogP contribution < -0.4 is 10.2 Å². The van der Waals surface area contributed by atoms with Gasteiger partial charge in [0.15, 0.2) is 0 Å². The molecule has 0 heterocycles. The molecule has 3 heteroatoms. The second-order valence-corrected chi connectivity index (χ2v) is 4.50. The fraction of sp³-hybridized carbons (Fsp3) is 0.571. The van der Waals surface area contributed by atoms with Gasteiger partial charge >= 0.3 is 0 Å². The van der Waals surface area contributed by atoms with Crippen LogP contribution in [-0.4, -0.2) is 37.9 Å². The Balaban J connectivity index is 2.07. The normalized spacial score (nSPS) is 12.4. The van der Waals surface area contributed by atoms with Crippen molar-refractivity contribution in [3.63, 3.8) is 0 Å². The van der Waals surface area contributed by atoms with Crippen LogP contribution in [0.3, 0.4) is 0 Å². The summed E-state index contributed by atoms with van der Waals surface area (Å²) in [7, 11) is 2.12. The van der Waals surface area contributed by atoms with Crippen LogP contribution in [0.1, 0.15) is 19.8 Å². The fourth-order valence-electron chi connectivity index (χ4n) is 1.69. The Morgan fingerprint density at radius 3 is 2.59 bits per heavy atom. The summed E-state index contributed by atoms with van der Waals surface area (Å²) in [5, 5.41) is 12.4. The van der Waals surface area contributed by atoms with E-state index in [-0.39, 0.29) is 6.10 Å². The second kappa shape index (κ2) is 8.09. The molecule has 17 heavy (non-hydrogen) atoms. The molecule has 96 valence electrons. The summed E-state index contributed by atoms with van der Waals surface area (Å²) in [4.78, 5) is 2.26. The van der Waals surface area contributed by atoms with Crippen LogP contribution in [0.15, 0.2) is 30.3 Å². The van der Waals surface area contributed by atoms with Crippen molar-refractivity contribution in [2.24, 2.45) is 0 Å². The molecule has 3 nitrogen and oxygen atoms in total. The molecule has 0 amide bonds. The van der Waals surface area contributed by atoms with Crippen LogP contribution in [0.5, 0.6) is 0 Å². The maximum atomic E-state index is 9.10. The molecule has 1 rings (SSSR count). The molecule has 0 saturated heterocycles. The zero-order valence-electron chi connectivity index (χ0n) is 10.9. The first-order valence-electron chi connectivity index (χ1n) is 6.35. The largest absolute Gasteiger partial charge is 0.393 e. The molecular formula is C14H24N2O. The molecule has 0 aromatic heterocycles. The number of aliphatic hydroxyl groups excluding tert-OH is 1. The molecule has 0 aliphatic rings. The maximum absolute atomic E-state index is 9.10. The van der Waals surface area contributed by atoms with Crippen LogP contribution >= 0.6 is 0 Å². The van der Waals surface area contributed by atoms with Crippen molar-refractivity contribution in [3.8, 4) is 0 Å². The Hall–Kier alpha value is -1.06. The summed E-state index contributed by atoms with van der Waals surface area (Å²) in [6, 6.07) is 10.4. The van der Waals surface area contributed by atoms with E-state index in [1.165, 1.54) is 5.69 Å². The van der Waals surface area contributed by atoms with Crippen molar-refractivity contribution < 1.29 is 5.11 Å². The van der Waals surface area contributed by atoms with E-state index in [2.05, 4.69) is 41.5 Å². The molecule has 0 radical (unpaired) electrons. The van der Waals surface area contributed by atoms with Gasteiger partial charge in [-0.05, 0) is 45.0 Å². The monoisotopic (exact) mass is 236 g/mol. The maximum Gasteiger partial charge on any atom is 0.0524 e. The molecule has 1 atom stereocenters. The minimum absolute atomic E-state index is 0.200. The molecule has 1 aromatic rings. The minimum Gasteiger partial charge on any atom is -0.393 e. The van der Waals surface area contributed by atoms with E-state index >= 15 is 0 Å². The molecule has 0 saturated carbocycles. The van der Waals surface area contributed by atoms with E-state index in [9.17, 15) is 0 Å². The number of hydrogen-bond donors (Lipinski definition) is 2. The molecule has 0 aliphatic heterocycles. The highest BCUT2D eigenvalue weighted by atomic mass is 16.3. The zero-order valence-corrected chi connectivity index (χ0v) is 10.9. The van der Waals surface area contributed by atoms with Crippen molar-refractivity contribution in [1.82, 2.24) is 5.32 Å². The van der Waals surface area contributed by atoms with Crippen LogP contribution in [0.4, 0.5) is 5.69 Å². The third kappa shape index (κ3) is 6.29. The first kappa shape index (κ1) is 14.0. The summed E-state index contributed by atoms with van der Waals surface area (Å²) in [6.45, 7) is 4.77. The number of benzene rings is 1. The van der Waals surface area contributed by atoms with Gasteiger partial charge in [-0.15, -0.1) is 0 Å². The Bertz CT molecular complexity index is 288. The molecule has 0 spiro atoms.